The minimum Gasteiger partial charge on any atom is -0.508 e. The van der Waals surface area contributed by atoms with E-state index in [0.717, 1.165) is 31.4 Å². The van der Waals surface area contributed by atoms with Gasteiger partial charge in [0.15, 0.2) is 35.9 Å². The average Bonchev–Trinajstić information content (AvgIpc) is 3.28. The Balaban J connectivity index is 1.34. The molecule has 20 atom stereocenters. The van der Waals surface area contributed by atoms with Gasteiger partial charge in [-0.05, 0) is 26.0 Å². The molecule has 4 fully saturated rings. The van der Waals surface area contributed by atoms with Crippen molar-refractivity contribution >= 4 is 11.0 Å². The molecule has 4 aliphatic rings. The Morgan fingerprint density at radius 3 is 1.67 bits per heavy atom. The van der Waals surface area contributed by atoms with Gasteiger partial charge in [-0.25, -0.2) is 0 Å². The average molecular weight is 949 g/mol. The van der Waals surface area contributed by atoms with Crippen molar-refractivity contribution in [1.82, 2.24) is 0 Å². The number of hydrogen-bond acceptors (Lipinski definition) is 26. The van der Waals surface area contributed by atoms with Gasteiger partial charge in [0.2, 0.25) is 29.5 Å². The summed E-state index contributed by atoms with van der Waals surface area (Å²) in [4.78, 5) is 14.6. The molecule has 368 valence electrons. The van der Waals surface area contributed by atoms with Crippen LogP contribution < -0.4 is 19.6 Å². The molecule has 4 aliphatic heterocycles. The van der Waals surface area contributed by atoms with Gasteiger partial charge in [-0.15, -0.1) is 0 Å². The quantitative estimate of drug-likeness (QED) is 0.0806. The van der Waals surface area contributed by atoms with E-state index in [1.807, 2.05) is 0 Å². The highest BCUT2D eigenvalue weighted by Gasteiger charge is 2.54. The van der Waals surface area contributed by atoms with Gasteiger partial charge in [0, 0.05) is 17.7 Å². The maximum absolute atomic E-state index is 14.6. The van der Waals surface area contributed by atoms with Gasteiger partial charge in [0.25, 0.3) is 0 Å². The van der Waals surface area contributed by atoms with Crippen LogP contribution in [-0.4, -0.2) is 220 Å². The van der Waals surface area contributed by atoms with Crippen molar-refractivity contribution in [1.29, 1.82) is 0 Å². The molecule has 1 aromatic heterocycles. The standard InChI is InChI=1S/C40H52O26/c1-10-21(45)26(50)29(53)37(58-10)64-34-19(9-42)63-40(36(32(34)56)66-38-30(54)27(51)22(46)11(2)59-38)65-35-25(49)20-14(44)6-13(43)7-15(20)60-33(35)12-4-16(57-3)23(47)17(5-12)61-39-31(55)28(52)24(48)18(8-41)62-39/h4-7,10-11,18-19,21-22,24,26-32,34,36-48,50-56H,8-9H2,1-3H3/t10-,11-,18+,19+,21-,22-,24+,26+,27+,28-,29+,30+,31+,32-,34+,36+,37-,38-,39+,40-/m0/s1. The zero-order chi connectivity index (χ0) is 48.2. The second-order valence-electron chi connectivity index (χ2n) is 16.2. The van der Waals surface area contributed by atoms with Crippen molar-refractivity contribution < 1.29 is 124 Å². The second kappa shape index (κ2) is 19.8. The third-order valence-corrected chi connectivity index (χ3v) is 11.8. The van der Waals surface area contributed by atoms with E-state index in [9.17, 15) is 81.4 Å². The zero-order valence-electron chi connectivity index (χ0n) is 35.0. The van der Waals surface area contributed by atoms with Gasteiger partial charge < -0.3 is 124 Å². The molecule has 0 radical (unpaired) electrons. The van der Waals surface area contributed by atoms with Crippen molar-refractivity contribution in [3.8, 4) is 45.8 Å². The SMILES string of the molecule is COc1cc(-c2oc3cc(O)cc(O)c3c(=O)c2O[C@@H]2O[C@H](CO)[C@@H](O[C@@H]3O[C@@H](C)[C@H](O)[C@@H](O)[C@H]3O)[C@H](O)[C@H]2O[C@@H]2O[C@@H](C)[C@H](O)[C@@H](O)[C@H]2O)cc(O[C@@H]2O[C@H](CO)[C@@H](O)[C@H](O)[C@H]2O)c1O. The lowest BCUT2D eigenvalue weighted by atomic mass is 9.96. The van der Waals surface area contributed by atoms with Crippen molar-refractivity contribution in [3.63, 3.8) is 0 Å². The fraction of sp³-hybridized carbons (Fsp3) is 0.625. The number of rotatable bonds is 12. The third kappa shape index (κ3) is 9.19. The van der Waals surface area contributed by atoms with Crippen LogP contribution in [0.25, 0.3) is 22.3 Å². The molecular weight excluding hydrogens is 896 g/mol. The molecule has 0 bridgehead atoms. The van der Waals surface area contributed by atoms with E-state index in [2.05, 4.69) is 0 Å². The van der Waals surface area contributed by atoms with Crippen molar-refractivity contribution in [2.45, 2.75) is 137 Å². The summed E-state index contributed by atoms with van der Waals surface area (Å²) < 4.78 is 57.6. The minimum absolute atomic E-state index is 0.301. The van der Waals surface area contributed by atoms with Gasteiger partial charge in [-0.1, -0.05) is 0 Å². The Morgan fingerprint density at radius 1 is 0.561 bits per heavy atom. The molecule has 0 aliphatic carbocycles. The molecule has 0 amide bonds. The van der Waals surface area contributed by atoms with Gasteiger partial charge >= 0.3 is 0 Å². The zero-order valence-corrected chi connectivity index (χ0v) is 35.0. The summed E-state index contributed by atoms with van der Waals surface area (Å²) in [5, 5.41) is 159. The molecule has 4 saturated heterocycles. The Morgan fingerprint density at radius 2 is 1.09 bits per heavy atom. The lowest BCUT2D eigenvalue weighted by Crippen LogP contribution is -2.67. The van der Waals surface area contributed by atoms with Crippen LogP contribution in [0.4, 0.5) is 0 Å². The number of aromatic hydroxyl groups is 3. The molecule has 0 saturated carbocycles. The minimum atomic E-state index is -2.15. The summed E-state index contributed by atoms with van der Waals surface area (Å²) in [6.45, 7) is 0.791. The molecule has 3 aromatic rings. The maximum atomic E-state index is 14.6. The van der Waals surface area contributed by atoms with Gasteiger partial charge in [-0.2, -0.15) is 0 Å². The number of aliphatic hydroxyl groups is 12. The van der Waals surface area contributed by atoms with Crippen LogP contribution in [0.5, 0.6) is 34.5 Å². The van der Waals surface area contributed by atoms with E-state index in [1.54, 1.807) is 0 Å². The van der Waals surface area contributed by atoms with E-state index in [4.69, 9.17) is 47.0 Å². The Hall–Kier alpha value is -4.27. The van der Waals surface area contributed by atoms with Crippen LogP contribution in [0, 0.1) is 0 Å². The van der Waals surface area contributed by atoms with Crippen molar-refractivity contribution in [2.75, 3.05) is 20.3 Å². The fourth-order valence-corrected chi connectivity index (χ4v) is 7.94. The highest BCUT2D eigenvalue weighted by atomic mass is 16.8. The lowest BCUT2D eigenvalue weighted by molar-refractivity contribution is -0.376. The number of benzene rings is 2. The monoisotopic (exact) mass is 948 g/mol. The first-order chi connectivity index (χ1) is 31.2. The summed E-state index contributed by atoms with van der Waals surface area (Å²) in [5.74, 6) is -4.77. The fourth-order valence-electron chi connectivity index (χ4n) is 7.94. The highest BCUT2D eigenvalue weighted by molar-refractivity contribution is 5.88. The number of methoxy groups -OCH3 is 1. The summed E-state index contributed by atoms with van der Waals surface area (Å²) in [6.07, 6.45) is -35.8. The van der Waals surface area contributed by atoms with Crippen LogP contribution in [0.1, 0.15) is 13.8 Å². The summed E-state index contributed by atoms with van der Waals surface area (Å²) in [6, 6.07) is 3.77. The van der Waals surface area contributed by atoms with E-state index in [-0.39, 0.29) is 5.56 Å². The molecule has 5 heterocycles. The molecule has 2 aromatic carbocycles. The molecule has 7 rings (SSSR count). The van der Waals surface area contributed by atoms with E-state index in [0.29, 0.717) is 0 Å². The molecule has 26 nitrogen and oxygen atoms in total. The number of phenolic OH excluding ortho intramolecular Hbond substituents is 3. The molecule has 15 N–H and O–H groups in total. The van der Waals surface area contributed by atoms with Crippen LogP contribution in [0.3, 0.4) is 0 Å². The summed E-state index contributed by atoms with van der Waals surface area (Å²) in [5.41, 5.74) is -2.00. The van der Waals surface area contributed by atoms with E-state index < -0.39 is 193 Å². The largest absolute Gasteiger partial charge is 0.508 e. The summed E-state index contributed by atoms with van der Waals surface area (Å²) in [7, 11) is 1.10. The van der Waals surface area contributed by atoms with Crippen LogP contribution >= 0.6 is 0 Å². The van der Waals surface area contributed by atoms with Gasteiger partial charge in [0.05, 0.1) is 32.5 Å². The first-order valence-corrected chi connectivity index (χ1v) is 20.4. The predicted molar refractivity (Wildman–Crippen MR) is 211 cm³/mol. The van der Waals surface area contributed by atoms with Crippen LogP contribution in [-0.2, 0) is 28.4 Å². The van der Waals surface area contributed by atoms with Crippen molar-refractivity contribution in [3.05, 3.63) is 34.5 Å². The first kappa shape index (κ1) is 49.6. The van der Waals surface area contributed by atoms with Crippen LogP contribution in [0.2, 0.25) is 0 Å². The maximum Gasteiger partial charge on any atom is 0.239 e. The topological polar surface area (TPSA) is 417 Å². The lowest BCUT2D eigenvalue weighted by Gasteiger charge is -2.48. The molecule has 0 spiro atoms. The van der Waals surface area contributed by atoms with Gasteiger partial charge in [0.1, 0.15) is 102 Å². The number of fused-ring (bicyclic) bond motifs is 1. The van der Waals surface area contributed by atoms with E-state index >= 15 is 0 Å². The van der Waals surface area contributed by atoms with E-state index in [1.165, 1.54) is 13.8 Å². The third-order valence-electron chi connectivity index (χ3n) is 11.8. The molecule has 26 heteroatoms. The Kier molecular flexibility index (Phi) is 14.9. The van der Waals surface area contributed by atoms with Crippen LogP contribution in [0.15, 0.2) is 33.5 Å². The number of phenols is 3. The normalized spacial score (nSPS) is 39.7. The van der Waals surface area contributed by atoms with Gasteiger partial charge in [-0.3, -0.25) is 4.79 Å². The number of aliphatic hydroxyl groups excluding tert-OH is 12. The molecule has 66 heavy (non-hydrogen) atoms. The highest BCUT2D eigenvalue weighted by Crippen LogP contribution is 2.45. The number of ether oxygens (including phenoxy) is 9. The number of hydrogen-bond donors (Lipinski definition) is 15. The summed E-state index contributed by atoms with van der Waals surface area (Å²) >= 11 is 0. The first-order valence-electron chi connectivity index (χ1n) is 20.4. The predicted octanol–water partition coefficient (Wildman–Crippen LogP) is -5.35. The Labute approximate surface area is 371 Å². The molecular formula is C40H52O26. The van der Waals surface area contributed by atoms with Crippen molar-refractivity contribution in [2.24, 2.45) is 0 Å². The Bertz CT molecular complexity index is 2220. The second-order valence-corrected chi connectivity index (χ2v) is 16.2. The molecule has 0 unspecified atom stereocenters. The smallest absolute Gasteiger partial charge is 0.239 e.